The minimum absolute atomic E-state index is 0.221. The minimum atomic E-state index is -5.19. The predicted molar refractivity (Wildman–Crippen MR) is 77.2 cm³/mol. The highest BCUT2D eigenvalue weighted by atomic mass is 32.2. The van der Waals surface area contributed by atoms with Crippen molar-refractivity contribution in [2.24, 2.45) is 0 Å². The molecule has 0 saturated carbocycles. The van der Waals surface area contributed by atoms with Crippen molar-refractivity contribution in [3.63, 3.8) is 0 Å². The first kappa shape index (κ1) is 23.9. The number of alkyl halides is 4. The Morgan fingerprint density at radius 3 is 1.36 bits per heavy atom. The van der Waals surface area contributed by atoms with Gasteiger partial charge in [-0.3, -0.25) is 0 Å². The maximum absolute atomic E-state index is 12.4. The predicted octanol–water partition coefficient (Wildman–Crippen LogP) is 3.10. The summed E-state index contributed by atoms with van der Waals surface area (Å²) < 4.78 is 79.6. The van der Waals surface area contributed by atoms with E-state index >= 15 is 0 Å². The fraction of sp³-hybridized carbons (Fsp3) is 1.00. The summed E-state index contributed by atoms with van der Waals surface area (Å²) in [7, 11) is -5.19. The van der Waals surface area contributed by atoms with Gasteiger partial charge in [-0.25, -0.2) is 26.0 Å². The molecule has 0 rings (SSSR count). The first-order valence-corrected chi connectivity index (χ1v) is 8.78. The molecule has 0 heterocycles. The van der Waals surface area contributed by atoms with Gasteiger partial charge in [0, 0.05) is 0 Å². The smallest absolute Gasteiger partial charge is 0.266 e. The molecule has 136 valence electrons. The summed E-state index contributed by atoms with van der Waals surface area (Å²) >= 11 is 0. The Labute approximate surface area is 130 Å². The molecule has 0 fully saturated rings. The Morgan fingerprint density at radius 1 is 0.909 bits per heavy atom. The third-order valence-corrected chi connectivity index (χ3v) is 4.42. The van der Waals surface area contributed by atoms with Gasteiger partial charge in [0.15, 0.2) is 0 Å². The average Bonchev–Trinajstić information content (AvgIpc) is 2.27. The zero-order valence-electron chi connectivity index (χ0n) is 13.8. The van der Waals surface area contributed by atoms with Gasteiger partial charge in [0.05, 0.1) is 32.6 Å². The van der Waals surface area contributed by atoms with Crippen LogP contribution in [0.15, 0.2) is 0 Å². The molecule has 0 saturated heterocycles. The van der Waals surface area contributed by atoms with Crippen LogP contribution in [-0.4, -0.2) is 61.2 Å². The number of rotatable bonds is 8. The fourth-order valence-corrected chi connectivity index (χ4v) is 2.72. The van der Waals surface area contributed by atoms with Crippen LogP contribution in [0.3, 0.4) is 0 Å². The quantitative estimate of drug-likeness (QED) is 0.383. The van der Waals surface area contributed by atoms with Gasteiger partial charge >= 0.3 is 0 Å². The van der Waals surface area contributed by atoms with Crippen molar-refractivity contribution < 1.29 is 35.0 Å². The number of quaternary nitrogens is 1. The van der Waals surface area contributed by atoms with Crippen molar-refractivity contribution in [3.05, 3.63) is 0 Å². The van der Waals surface area contributed by atoms with E-state index in [2.05, 4.69) is 27.7 Å². The third-order valence-electron chi connectivity index (χ3n) is 3.64. The molecule has 0 unspecified atom stereocenters. The molecule has 0 atom stereocenters. The zero-order chi connectivity index (χ0) is 18.2. The van der Waals surface area contributed by atoms with Crippen molar-refractivity contribution >= 4 is 10.1 Å². The van der Waals surface area contributed by atoms with Crippen molar-refractivity contribution in [3.8, 4) is 0 Å². The van der Waals surface area contributed by atoms with E-state index < -0.39 is 34.1 Å². The second kappa shape index (κ2) is 9.02. The van der Waals surface area contributed by atoms with E-state index in [1.54, 1.807) is 0 Å². The second-order valence-electron chi connectivity index (χ2n) is 5.41. The van der Waals surface area contributed by atoms with Crippen LogP contribution in [-0.2, 0) is 10.1 Å². The first-order valence-electron chi connectivity index (χ1n) is 7.20. The van der Waals surface area contributed by atoms with Gasteiger partial charge in [0.1, 0.15) is 15.9 Å². The zero-order valence-corrected chi connectivity index (χ0v) is 14.7. The molecular weight excluding hydrogens is 326 g/mol. The normalized spacial score (nSPS) is 13.5. The van der Waals surface area contributed by atoms with Gasteiger partial charge in [-0.1, -0.05) is 0 Å². The molecule has 0 aromatic carbocycles. The summed E-state index contributed by atoms with van der Waals surface area (Å²) in [6.07, 6.45) is -1.94. The number of hydrogen-bond acceptors (Lipinski definition) is 3. The van der Waals surface area contributed by atoms with E-state index in [1.165, 1.54) is 30.7 Å². The number of halogens is 4. The molecule has 9 heteroatoms. The van der Waals surface area contributed by atoms with Crippen molar-refractivity contribution in [2.75, 3.05) is 31.9 Å². The molecule has 0 N–H and O–H groups in total. The van der Waals surface area contributed by atoms with E-state index in [1.807, 2.05) is 0 Å². The maximum atomic E-state index is 12.4. The molecule has 0 spiro atoms. The Bertz CT molecular complexity index is 386. The van der Waals surface area contributed by atoms with E-state index in [9.17, 15) is 30.5 Å². The highest BCUT2D eigenvalue weighted by Gasteiger charge is 2.41. The lowest BCUT2D eigenvalue weighted by Crippen LogP contribution is -2.47. The molecule has 0 amide bonds. The van der Waals surface area contributed by atoms with Crippen LogP contribution in [0.2, 0.25) is 0 Å². The molecule has 0 aliphatic heterocycles. The lowest BCUT2D eigenvalue weighted by Gasteiger charge is -2.34. The lowest BCUT2D eigenvalue weighted by molar-refractivity contribution is -0.921. The Hall–Kier alpha value is -0.410. The highest BCUT2D eigenvalue weighted by Crippen LogP contribution is 2.30. The van der Waals surface area contributed by atoms with Gasteiger partial charge in [0.25, 0.3) is 11.8 Å². The summed E-state index contributed by atoms with van der Waals surface area (Å²) in [5, 5.41) is 0. The molecule has 0 bridgehead atoms. The van der Waals surface area contributed by atoms with Gasteiger partial charge in [-0.2, -0.15) is 0 Å². The van der Waals surface area contributed by atoms with E-state index in [-0.39, 0.29) is 6.92 Å². The molecule has 22 heavy (non-hydrogen) atoms. The van der Waals surface area contributed by atoms with Gasteiger partial charge in [-0.15, -0.1) is 0 Å². The summed E-state index contributed by atoms with van der Waals surface area (Å²) in [4.78, 5) is 0. The standard InChI is InChI=1S/C8H20N.C5H8F4O3S/c1-5-9(6-2,7-3)8-4;1-4(6,7)2-5(8,9)3-13(10,11)12/h5-8H2,1-4H3;2-3H2,1H3,(H,10,11,12)/q+1;/p-1. The molecular formula is C13H27F4NO3S. The van der Waals surface area contributed by atoms with E-state index in [0.29, 0.717) is 0 Å². The Kier molecular flexibility index (Phi) is 9.78. The van der Waals surface area contributed by atoms with Crippen LogP contribution in [0.1, 0.15) is 41.0 Å². The highest BCUT2D eigenvalue weighted by molar-refractivity contribution is 7.85. The van der Waals surface area contributed by atoms with Crippen LogP contribution in [0.4, 0.5) is 17.6 Å². The van der Waals surface area contributed by atoms with Crippen LogP contribution in [0.25, 0.3) is 0 Å². The minimum Gasteiger partial charge on any atom is -0.748 e. The van der Waals surface area contributed by atoms with Crippen LogP contribution >= 0.6 is 0 Å². The first-order chi connectivity index (χ1) is 9.66. The monoisotopic (exact) mass is 353 g/mol. The van der Waals surface area contributed by atoms with Crippen molar-refractivity contribution in [1.29, 1.82) is 0 Å². The average molecular weight is 353 g/mol. The van der Waals surface area contributed by atoms with Crippen molar-refractivity contribution in [1.82, 2.24) is 0 Å². The molecule has 0 aromatic heterocycles. The second-order valence-corrected chi connectivity index (χ2v) is 6.82. The van der Waals surface area contributed by atoms with Crippen LogP contribution < -0.4 is 0 Å². The third kappa shape index (κ3) is 12.2. The van der Waals surface area contributed by atoms with Gasteiger partial charge in [0.2, 0.25) is 0 Å². The fourth-order valence-electron chi connectivity index (χ4n) is 2.11. The Morgan fingerprint density at radius 2 is 1.23 bits per heavy atom. The van der Waals surface area contributed by atoms with Gasteiger partial charge in [-0.05, 0) is 34.6 Å². The Balaban J connectivity index is 0. The number of nitrogens with zero attached hydrogens (tertiary/aromatic N) is 1. The molecule has 0 aromatic rings. The largest absolute Gasteiger partial charge is 0.748 e. The topological polar surface area (TPSA) is 57.2 Å². The SMILES string of the molecule is CC(F)(F)CC(F)(F)CS(=O)(=O)[O-].CC[N+](CC)(CC)CC. The molecule has 0 aliphatic carbocycles. The summed E-state index contributed by atoms with van der Waals surface area (Å²) in [5.74, 6) is -9.98. The van der Waals surface area contributed by atoms with Crippen LogP contribution in [0, 0.1) is 0 Å². The molecule has 0 aliphatic rings. The van der Waals surface area contributed by atoms with E-state index in [0.717, 1.165) is 0 Å². The van der Waals surface area contributed by atoms with Crippen LogP contribution in [0.5, 0.6) is 0 Å². The van der Waals surface area contributed by atoms with Crippen molar-refractivity contribution in [2.45, 2.75) is 52.9 Å². The summed E-state index contributed by atoms with van der Waals surface area (Å²) in [6, 6.07) is 0. The maximum Gasteiger partial charge on any atom is 0.266 e. The lowest BCUT2D eigenvalue weighted by atomic mass is 10.2. The number of hydrogen-bond donors (Lipinski definition) is 0. The molecule has 0 radical (unpaired) electrons. The summed E-state index contributed by atoms with van der Waals surface area (Å²) in [5.41, 5.74) is 0. The summed E-state index contributed by atoms with van der Waals surface area (Å²) in [6.45, 7) is 14.4. The molecule has 4 nitrogen and oxygen atoms in total. The van der Waals surface area contributed by atoms with Gasteiger partial charge < -0.3 is 9.04 Å². The van der Waals surface area contributed by atoms with E-state index in [4.69, 9.17) is 0 Å².